The first-order chi connectivity index (χ1) is 7.31. The molecule has 1 N–H and O–H groups in total. The van der Waals surface area contributed by atoms with E-state index in [0.717, 1.165) is 19.3 Å². The molecule has 0 saturated heterocycles. The number of rotatable bonds is 3. The van der Waals surface area contributed by atoms with Gasteiger partial charge in [0, 0.05) is 0 Å². The van der Waals surface area contributed by atoms with Crippen LogP contribution in [-0.4, -0.2) is 10.7 Å². The Balaban J connectivity index is 2.73. The first-order valence-electron chi connectivity index (χ1n) is 6.44. The van der Waals surface area contributed by atoms with Crippen LogP contribution in [0, 0.1) is 28.6 Å². The highest BCUT2D eigenvalue weighted by Crippen LogP contribution is 2.45. The molecule has 0 aromatic heterocycles. The monoisotopic (exact) mass is 223 g/mol. The fourth-order valence-corrected chi connectivity index (χ4v) is 2.90. The van der Waals surface area contributed by atoms with Gasteiger partial charge < -0.3 is 5.11 Å². The van der Waals surface area contributed by atoms with Gasteiger partial charge >= 0.3 is 0 Å². The molecular weight excluding hydrogens is 198 g/mol. The Hall–Kier alpha value is -0.550. The summed E-state index contributed by atoms with van der Waals surface area (Å²) in [6.45, 7) is 8.18. The summed E-state index contributed by atoms with van der Waals surface area (Å²) in [5.41, 5.74) is -1.40. The van der Waals surface area contributed by atoms with Gasteiger partial charge in [0.25, 0.3) is 0 Å². The van der Waals surface area contributed by atoms with E-state index in [4.69, 9.17) is 5.26 Å². The van der Waals surface area contributed by atoms with Gasteiger partial charge in [0.1, 0.15) is 0 Å². The minimum atomic E-state index is -0.778. The zero-order valence-corrected chi connectivity index (χ0v) is 11.1. The van der Waals surface area contributed by atoms with Gasteiger partial charge in [-0.2, -0.15) is 5.26 Å². The van der Waals surface area contributed by atoms with Gasteiger partial charge in [-0.15, -0.1) is 0 Å². The first-order valence-corrected chi connectivity index (χ1v) is 6.44. The van der Waals surface area contributed by atoms with E-state index in [-0.39, 0.29) is 0 Å². The van der Waals surface area contributed by atoms with Crippen molar-refractivity contribution in [2.45, 2.75) is 65.4 Å². The SMILES string of the molecule is CC(C)CC1CCCC(O)(C(C)(C)C#N)C1. The van der Waals surface area contributed by atoms with Crippen molar-refractivity contribution in [1.82, 2.24) is 0 Å². The van der Waals surface area contributed by atoms with Crippen LogP contribution in [0.15, 0.2) is 0 Å². The second kappa shape index (κ2) is 4.75. The van der Waals surface area contributed by atoms with Gasteiger partial charge in [-0.25, -0.2) is 0 Å². The van der Waals surface area contributed by atoms with Crippen molar-refractivity contribution in [3.63, 3.8) is 0 Å². The maximum atomic E-state index is 10.7. The molecule has 92 valence electrons. The molecule has 16 heavy (non-hydrogen) atoms. The van der Waals surface area contributed by atoms with E-state index in [0.29, 0.717) is 11.8 Å². The molecular formula is C14H25NO. The van der Waals surface area contributed by atoms with Gasteiger partial charge in [0.05, 0.1) is 17.1 Å². The van der Waals surface area contributed by atoms with E-state index >= 15 is 0 Å². The minimum Gasteiger partial charge on any atom is -0.388 e. The van der Waals surface area contributed by atoms with Crippen LogP contribution in [0.1, 0.15) is 59.8 Å². The van der Waals surface area contributed by atoms with E-state index in [9.17, 15) is 5.11 Å². The molecule has 2 nitrogen and oxygen atoms in total. The predicted molar refractivity (Wildman–Crippen MR) is 65.8 cm³/mol. The van der Waals surface area contributed by atoms with Gasteiger partial charge in [-0.3, -0.25) is 0 Å². The van der Waals surface area contributed by atoms with Crippen LogP contribution in [0.4, 0.5) is 0 Å². The minimum absolute atomic E-state index is 0.589. The van der Waals surface area contributed by atoms with Gasteiger partial charge in [-0.05, 0) is 44.9 Å². The molecule has 1 aliphatic rings. The van der Waals surface area contributed by atoms with Crippen LogP contribution in [0.25, 0.3) is 0 Å². The van der Waals surface area contributed by atoms with Crippen LogP contribution in [0.3, 0.4) is 0 Å². The average molecular weight is 223 g/mol. The van der Waals surface area contributed by atoms with Crippen molar-refractivity contribution >= 4 is 0 Å². The fourth-order valence-electron chi connectivity index (χ4n) is 2.90. The van der Waals surface area contributed by atoms with E-state index in [1.807, 2.05) is 13.8 Å². The van der Waals surface area contributed by atoms with Crippen LogP contribution in [-0.2, 0) is 0 Å². The normalized spacial score (nSPS) is 31.4. The third-order valence-electron chi connectivity index (χ3n) is 4.08. The Morgan fingerprint density at radius 2 is 2.12 bits per heavy atom. The molecule has 0 amide bonds. The summed E-state index contributed by atoms with van der Waals surface area (Å²) >= 11 is 0. The molecule has 0 radical (unpaired) electrons. The lowest BCUT2D eigenvalue weighted by molar-refractivity contribution is -0.0844. The van der Waals surface area contributed by atoms with Gasteiger partial charge in [-0.1, -0.05) is 26.7 Å². The lowest BCUT2D eigenvalue weighted by Crippen LogP contribution is -2.47. The summed E-state index contributed by atoms with van der Waals surface area (Å²) in [5.74, 6) is 1.27. The molecule has 1 rings (SSSR count). The summed E-state index contributed by atoms with van der Waals surface area (Å²) < 4.78 is 0. The molecule has 0 aliphatic heterocycles. The Bertz CT molecular complexity index is 277. The molecule has 2 heteroatoms. The van der Waals surface area contributed by atoms with Gasteiger partial charge in [0.2, 0.25) is 0 Å². The van der Waals surface area contributed by atoms with Crippen molar-refractivity contribution < 1.29 is 5.11 Å². The van der Waals surface area contributed by atoms with Crippen molar-refractivity contribution in [3.8, 4) is 6.07 Å². The zero-order chi connectivity index (χ0) is 12.4. The Kier molecular flexibility index (Phi) is 4.02. The Labute approximate surface area is 99.7 Å². The zero-order valence-electron chi connectivity index (χ0n) is 11.1. The first kappa shape index (κ1) is 13.5. The summed E-state index contributed by atoms with van der Waals surface area (Å²) in [6.07, 6.45) is 5.01. The van der Waals surface area contributed by atoms with E-state index in [1.165, 1.54) is 12.8 Å². The van der Waals surface area contributed by atoms with Crippen molar-refractivity contribution in [2.24, 2.45) is 17.3 Å². The van der Waals surface area contributed by atoms with Crippen molar-refractivity contribution in [2.75, 3.05) is 0 Å². The molecule has 1 aliphatic carbocycles. The molecule has 0 bridgehead atoms. The molecule has 2 unspecified atom stereocenters. The quantitative estimate of drug-likeness (QED) is 0.795. The number of nitrogens with zero attached hydrogens (tertiary/aromatic N) is 1. The van der Waals surface area contributed by atoms with Gasteiger partial charge in [0.15, 0.2) is 0 Å². The third-order valence-corrected chi connectivity index (χ3v) is 4.08. The second-order valence-corrected chi connectivity index (χ2v) is 6.36. The third kappa shape index (κ3) is 2.77. The van der Waals surface area contributed by atoms with Crippen molar-refractivity contribution in [3.05, 3.63) is 0 Å². The second-order valence-electron chi connectivity index (χ2n) is 6.36. The molecule has 1 saturated carbocycles. The molecule has 0 aromatic rings. The van der Waals surface area contributed by atoms with Crippen molar-refractivity contribution in [1.29, 1.82) is 5.26 Å². The maximum Gasteiger partial charge on any atom is 0.0830 e. The average Bonchev–Trinajstić information content (AvgIpc) is 2.16. The Morgan fingerprint density at radius 3 is 2.62 bits per heavy atom. The summed E-state index contributed by atoms with van der Waals surface area (Å²) in [4.78, 5) is 0. The van der Waals surface area contributed by atoms with E-state index in [1.54, 1.807) is 0 Å². The van der Waals surface area contributed by atoms with E-state index < -0.39 is 11.0 Å². The summed E-state index contributed by atoms with van der Waals surface area (Å²) in [7, 11) is 0. The lowest BCUT2D eigenvalue weighted by atomic mass is 9.64. The lowest BCUT2D eigenvalue weighted by Gasteiger charge is -2.44. The van der Waals surface area contributed by atoms with Crippen LogP contribution >= 0.6 is 0 Å². The smallest absolute Gasteiger partial charge is 0.0830 e. The highest BCUT2D eigenvalue weighted by Gasteiger charge is 2.46. The molecule has 0 spiro atoms. The standard InChI is InChI=1S/C14H25NO/c1-11(2)8-12-6-5-7-14(16,9-12)13(3,4)10-15/h11-12,16H,5-9H2,1-4H3. The summed E-state index contributed by atoms with van der Waals surface area (Å²) in [5, 5.41) is 19.8. The predicted octanol–water partition coefficient (Wildman–Crippen LogP) is 3.50. The molecule has 0 heterocycles. The summed E-state index contributed by atoms with van der Waals surface area (Å²) in [6, 6.07) is 2.28. The van der Waals surface area contributed by atoms with Crippen LogP contribution in [0.2, 0.25) is 0 Å². The number of aliphatic hydroxyl groups is 1. The number of hydrogen-bond donors (Lipinski definition) is 1. The maximum absolute atomic E-state index is 10.7. The topological polar surface area (TPSA) is 44.0 Å². The largest absolute Gasteiger partial charge is 0.388 e. The van der Waals surface area contributed by atoms with Crippen LogP contribution < -0.4 is 0 Å². The molecule has 2 atom stereocenters. The Morgan fingerprint density at radius 1 is 1.50 bits per heavy atom. The highest BCUT2D eigenvalue weighted by atomic mass is 16.3. The molecule has 0 aromatic carbocycles. The number of nitriles is 1. The number of hydrogen-bond acceptors (Lipinski definition) is 2. The van der Waals surface area contributed by atoms with E-state index in [2.05, 4.69) is 19.9 Å². The fraction of sp³-hybridized carbons (Fsp3) is 0.929. The highest BCUT2D eigenvalue weighted by molar-refractivity contribution is 5.08. The molecule has 1 fully saturated rings. The van der Waals surface area contributed by atoms with Crippen LogP contribution in [0.5, 0.6) is 0 Å².